The van der Waals surface area contributed by atoms with E-state index in [1.54, 1.807) is 0 Å². The molecule has 0 spiro atoms. The van der Waals surface area contributed by atoms with Crippen molar-refractivity contribution in [2.24, 2.45) is 0 Å². The zero-order valence-electron chi connectivity index (χ0n) is 31.5. The maximum atomic E-state index is 3.88. The monoisotopic (exact) mass is 617 g/mol. The molecule has 0 saturated heterocycles. The predicted molar refractivity (Wildman–Crippen MR) is 203 cm³/mol. The van der Waals surface area contributed by atoms with E-state index in [1.807, 2.05) is 0 Å². The van der Waals surface area contributed by atoms with E-state index in [4.69, 9.17) is 0 Å². The second-order valence-electron chi connectivity index (χ2n) is 15.0. The lowest BCUT2D eigenvalue weighted by Gasteiger charge is -2.43. The second-order valence-corrected chi connectivity index (χ2v) is 15.0. The van der Waals surface area contributed by atoms with Crippen molar-refractivity contribution in [3.05, 3.63) is 24.3 Å². The highest BCUT2D eigenvalue weighted by molar-refractivity contribution is 4.99. The fourth-order valence-electron chi connectivity index (χ4n) is 5.99. The van der Waals surface area contributed by atoms with Gasteiger partial charge in [0.25, 0.3) is 0 Å². The van der Waals surface area contributed by atoms with Gasteiger partial charge in [0.2, 0.25) is 0 Å². The summed E-state index contributed by atoms with van der Waals surface area (Å²) in [5.74, 6) is 0. The molecule has 0 amide bonds. The SMILES string of the molecule is CCCCCCCC/C=C\CCCCCCCCNC(C)(C)C(C)(C)NCCCCCCCC/C=C\CCCCCCCC. The first kappa shape index (κ1) is 43.4. The normalized spacial score (nSPS) is 12.8. The molecule has 0 aliphatic carbocycles. The van der Waals surface area contributed by atoms with Crippen molar-refractivity contribution in [1.82, 2.24) is 10.6 Å². The fraction of sp³-hybridized carbons (Fsp3) is 0.905. The Hall–Kier alpha value is -0.600. The lowest BCUT2D eigenvalue weighted by atomic mass is 9.82. The number of rotatable bonds is 35. The Morgan fingerprint density at radius 1 is 0.318 bits per heavy atom. The van der Waals surface area contributed by atoms with Crippen LogP contribution in [0.15, 0.2) is 24.3 Å². The number of allylic oxidation sites excluding steroid dienone is 4. The van der Waals surface area contributed by atoms with Crippen molar-refractivity contribution in [3.63, 3.8) is 0 Å². The molecule has 0 radical (unpaired) electrons. The van der Waals surface area contributed by atoms with E-state index in [2.05, 4.69) is 76.5 Å². The van der Waals surface area contributed by atoms with Crippen molar-refractivity contribution < 1.29 is 0 Å². The van der Waals surface area contributed by atoms with E-state index in [0.717, 1.165) is 13.1 Å². The highest BCUT2D eigenvalue weighted by Crippen LogP contribution is 2.22. The third kappa shape index (κ3) is 28.8. The van der Waals surface area contributed by atoms with Gasteiger partial charge in [0.1, 0.15) is 0 Å². The van der Waals surface area contributed by atoms with Gasteiger partial charge in [-0.25, -0.2) is 0 Å². The average molecular weight is 617 g/mol. The molecule has 0 aromatic carbocycles. The minimum Gasteiger partial charge on any atom is -0.310 e. The summed E-state index contributed by atoms with van der Waals surface area (Å²) in [7, 11) is 0. The van der Waals surface area contributed by atoms with E-state index in [9.17, 15) is 0 Å². The first-order chi connectivity index (χ1) is 21.4. The van der Waals surface area contributed by atoms with Crippen LogP contribution in [0.5, 0.6) is 0 Å². The number of unbranched alkanes of at least 4 members (excludes halogenated alkanes) is 24. The molecule has 0 heterocycles. The van der Waals surface area contributed by atoms with Crippen LogP contribution in [0.1, 0.15) is 221 Å². The lowest BCUT2D eigenvalue weighted by molar-refractivity contribution is 0.192. The van der Waals surface area contributed by atoms with Gasteiger partial charge < -0.3 is 10.6 Å². The molecule has 0 bridgehead atoms. The Bertz CT molecular complexity index is 563. The van der Waals surface area contributed by atoms with Gasteiger partial charge in [-0.2, -0.15) is 0 Å². The summed E-state index contributed by atoms with van der Waals surface area (Å²) in [6.07, 6.45) is 48.2. The molecule has 2 N–H and O–H groups in total. The topological polar surface area (TPSA) is 24.1 Å². The Labute approximate surface area is 279 Å². The molecule has 44 heavy (non-hydrogen) atoms. The molecule has 0 aromatic heterocycles. The molecule has 2 heteroatoms. The van der Waals surface area contributed by atoms with Crippen LogP contribution in [0, 0.1) is 0 Å². The fourth-order valence-corrected chi connectivity index (χ4v) is 5.99. The smallest absolute Gasteiger partial charge is 0.0301 e. The quantitative estimate of drug-likeness (QED) is 0.0547. The Morgan fingerprint density at radius 2 is 0.545 bits per heavy atom. The summed E-state index contributed by atoms with van der Waals surface area (Å²) in [6.45, 7) is 16.4. The molecule has 0 aromatic rings. The van der Waals surface area contributed by atoms with Crippen LogP contribution in [-0.2, 0) is 0 Å². The van der Waals surface area contributed by atoms with E-state index in [0.29, 0.717) is 0 Å². The zero-order chi connectivity index (χ0) is 32.5. The minimum atomic E-state index is 0.0947. The van der Waals surface area contributed by atoms with Crippen molar-refractivity contribution in [2.45, 2.75) is 232 Å². The predicted octanol–water partition coefficient (Wildman–Crippen LogP) is 13.8. The van der Waals surface area contributed by atoms with E-state index in [-0.39, 0.29) is 11.1 Å². The van der Waals surface area contributed by atoms with E-state index < -0.39 is 0 Å². The van der Waals surface area contributed by atoms with Gasteiger partial charge in [0.15, 0.2) is 0 Å². The molecule has 0 rings (SSSR count). The first-order valence-electron chi connectivity index (χ1n) is 20.2. The lowest BCUT2D eigenvalue weighted by Crippen LogP contribution is -2.63. The Morgan fingerprint density at radius 3 is 0.818 bits per heavy atom. The van der Waals surface area contributed by atoms with Crippen LogP contribution in [0.4, 0.5) is 0 Å². The molecule has 0 aliphatic heterocycles. The molecular formula is C42H84N2. The first-order valence-corrected chi connectivity index (χ1v) is 20.2. The summed E-state index contributed by atoms with van der Waals surface area (Å²) < 4.78 is 0. The van der Waals surface area contributed by atoms with Crippen LogP contribution in [-0.4, -0.2) is 24.2 Å². The van der Waals surface area contributed by atoms with Gasteiger partial charge in [0, 0.05) is 11.1 Å². The van der Waals surface area contributed by atoms with Gasteiger partial charge in [0.05, 0.1) is 0 Å². The van der Waals surface area contributed by atoms with Gasteiger partial charge >= 0.3 is 0 Å². The molecule has 2 nitrogen and oxygen atoms in total. The third-order valence-electron chi connectivity index (χ3n) is 10.1. The van der Waals surface area contributed by atoms with Crippen molar-refractivity contribution >= 4 is 0 Å². The van der Waals surface area contributed by atoms with Crippen LogP contribution in [0.2, 0.25) is 0 Å². The zero-order valence-corrected chi connectivity index (χ0v) is 31.5. The average Bonchev–Trinajstić information content (AvgIpc) is 3.00. The molecule has 0 saturated carbocycles. The van der Waals surface area contributed by atoms with Crippen molar-refractivity contribution in [1.29, 1.82) is 0 Å². The standard InChI is InChI=1S/C42H84N2/c1-7-9-11-13-15-17-19-21-23-25-27-29-31-33-35-37-39-43-41(3,4)42(5,6)44-40-38-36-34-32-30-28-26-24-22-20-18-16-14-12-10-8-2/h21-24,43-44H,7-20,25-40H2,1-6H3/b23-21-,24-22-. The molecule has 0 atom stereocenters. The third-order valence-corrected chi connectivity index (χ3v) is 10.1. The summed E-state index contributed by atoms with van der Waals surface area (Å²) in [4.78, 5) is 0. The van der Waals surface area contributed by atoms with E-state index >= 15 is 0 Å². The van der Waals surface area contributed by atoms with Crippen LogP contribution >= 0.6 is 0 Å². The molecular weight excluding hydrogens is 532 g/mol. The molecule has 0 aliphatic rings. The maximum Gasteiger partial charge on any atom is 0.0301 e. The maximum absolute atomic E-state index is 3.88. The van der Waals surface area contributed by atoms with Gasteiger partial charge in [-0.15, -0.1) is 0 Å². The summed E-state index contributed by atoms with van der Waals surface area (Å²) in [6, 6.07) is 0. The highest BCUT2D eigenvalue weighted by Gasteiger charge is 2.35. The largest absolute Gasteiger partial charge is 0.310 e. The molecule has 0 fully saturated rings. The van der Waals surface area contributed by atoms with Crippen LogP contribution < -0.4 is 10.6 Å². The number of hydrogen-bond donors (Lipinski definition) is 2. The van der Waals surface area contributed by atoms with Gasteiger partial charge in [-0.05, 0) is 105 Å². The summed E-state index contributed by atoms with van der Waals surface area (Å²) in [5, 5.41) is 7.76. The van der Waals surface area contributed by atoms with Crippen LogP contribution in [0.25, 0.3) is 0 Å². The Kier molecular flexibility index (Phi) is 31.9. The van der Waals surface area contributed by atoms with E-state index in [1.165, 1.54) is 180 Å². The Balaban J connectivity index is 3.59. The van der Waals surface area contributed by atoms with Gasteiger partial charge in [-0.1, -0.05) is 154 Å². The minimum absolute atomic E-state index is 0.0947. The molecule has 0 unspecified atom stereocenters. The highest BCUT2D eigenvalue weighted by atomic mass is 15.1. The van der Waals surface area contributed by atoms with Crippen molar-refractivity contribution in [3.8, 4) is 0 Å². The number of nitrogens with one attached hydrogen (secondary N) is 2. The second kappa shape index (κ2) is 32.3. The summed E-state index contributed by atoms with van der Waals surface area (Å²) in [5.41, 5.74) is 0.189. The molecule has 262 valence electrons. The van der Waals surface area contributed by atoms with Crippen molar-refractivity contribution in [2.75, 3.05) is 13.1 Å². The van der Waals surface area contributed by atoms with Gasteiger partial charge in [-0.3, -0.25) is 0 Å². The van der Waals surface area contributed by atoms with Crippen LogP contribution in [0.3, 0.4) is 0 Å². The summed E-state index contributed by atoms with van der Waals surface area (Å²) >= 11 is 0. The number of hydrogen-bond acceptors (Lipinski definition) is 2.